The van der Waals surface area contributed by atoms with Crippen molar-refractivity contribution in [2.75, 3.05) is 6.54 Å². The largest absolute Gasteiger partial charge is 0.393 e. The van der Waals surface area contributed by atoms with Gasteiger partial charge in [-0.05, 0) is 25.7 Å². The summed E-state index contributed by atoms with van der Waals surface area (Å²) in [5.41, 5.74) is 5.55. The Balaban J connectivity index is 2.16. The maximum atomic E-state index is 9.71. The van der Waals surface area contributed by atoms with E-state index in [2.05, 4.69) is 10.3 Å². The van der Waals surface area contributed by atoms with E-state index < -0.39 is 0 Å². The molecule has 2 aliphatic rings. The quantitative estimate of drug-likeness (QED) is 0.324. The van der Waals surface area contributed by atoms with Gasteiger partial charge in [-0.1, -0.05) is 0 Å². The number of aliphatic imine (C=N–C) groups is 1. The Kier molecular flexibility index (Phi) is 2.63. The first kappa shape index (κ1) is 10.4. The molecule has 0 amide bonds. The van der Waals surface area contributed by atoms with Gasteiger partial charge in [0.2, 0.25) is 0 Å². The first-order chi connectivity index (χ1) is 7.16. The number of aliphatic hydroxyl groups is 1. The number of hydrogen-bond donors (Lipinski definition) is 3. The van der Waals surface area contributed by atoms with E-state index in [4.69, 9.17) is 11.0 Å². The Morgan fingerprint density at radius 1 is 1.73 bits per heavy atom. The van der Waals surface area contributed by atoms with E-state index in [0.29, 0.717) is 18.3 Å². The third-order valence-electron chi connectivity index (χ3n) is 3.35. The zero-order chi connectivity index (χ0) is 10.9. The van der Waals surface area contributed by atoms with Gasteiger partial charge in [-0.3, -0.25) is 4.99 Å². The number of aliphatic hydroxyl groups excluding tert-OH is 1. The highest BCUT2D eigenvalue weighted by molar-refractivity contribution is 5.90. The molecular formula is C10H16N4O. The van der Waals surface area contributed by atoms with Crippen molar-refractivity contribution in [2.24, 2.45) is 10.7 Å². The van der Waals surface area contributed by atoms with Gasteiger partial charge in [0.15, 0.2) is 0 Å². The number of amidine groups is 1. The lowest BCUT2D eigenvalue weighted by Crippen LogP contribution is -2.58. The molecule has 0 aliphatic carbocycles. The summed E-state index contributed by atoms with van der Waals surface area (Å²) in [5, 5.41) is 21.6. The van der Waals surface area contributed by atoms with Crippen LogP contribution in [0.4, 0.5) is 0 Å². The molecule has 3 atom stereocenters. The zero-order valence-corrected chi connectivity index (χ0v) is 8.61. The number of rotatable bonds is 2. The smallest absolute Gasteiger partial charge is 0.128 e. The van der Waals surface area contributed by atoms with Crippen LogP contribution in [0.5, 0.6) is 0 Å². The van der Waals surface area contributed by atoms with E-state index in [1.807, 2.05) is 6.07 Å². The Labute approximate surface area is 89.0 Å². The van der Waals surface area contributed by atoms with Crippen LogP contribution in [0.1, 0.15) is 25.7 Å². The van der Waals surface area contributed by atoms with E-state index in [-0.39, 0.29) is 18.2 Å². The molecule has 2 bridgehead atoms. The second-order valence-corrected chi connectivity index (χ2v) is 4.42. The molecule has 0 aromatic heterocycles. The Morgan fingerprint density at radius 3 is 3.27 bits per heavy atom. The molecule has 82 valence electrons. The van der Waals surface area contributed by atoms with Crippen LogP contribution in [-0.4, -0.2) is 35.2 Å². The number of piperidine rings is 1. The van der Waals surface area contributed by atoms with Gasteiger partial charge in [0.25, 0.3) is 0 Å². The molecule has 0 spiro atoms. The number of nitriles is 1. The topological polar surface area (TPSA) is 94.4 Å². The first-order valence-electron chi connectivity index (χ1n) is 5.29. The average molecular weight is 208 g/mol. The van der Waals surface area contributed by atoms with Crippen molar-refractivity contribution in [2.45, 2.75) is 43.4 Å². The van der Waals surface area contributed by atoms with Gasteiger partial charge in [0.05, 0.1) is 17.7 Å². The molecule has 0 radical (unpaired) electrons. The van der Waals surface area contributed by atoms with Crippen molar-refractivity contribution in [3.8, 4) is 6.07 Å². The highest BCUT2D eigenvalue weighted by Crippen LogP contribution is 2.35. The minimum Gasteiger partial charge on any atom is -0.393 e. The third-order valence-corrected chi connectivity index (χ3v) is 3.35. The summed E-state index contributed by atoms with van der Waals surface area (Å²) in [6.07, 6.45) is 3.06. The van der Waals surface area contributed by atoms with Crippen LogP contribution >= 0.6 is 0 Å². The van der Waals surface area contributed by atoms with Gasteiger partial charge >= 0.3 is 0 Å². The van der Waals surface area contributed by atoms with Crippen LogP contribution in [-0.2, 0) is 0 Å². The maximum absolute atomic E-state index is 9.71. The molecule has 4 N–H and O–H groups in total. The van der Waals surface area contributed by atoms with Gasteiger partial charge in [0.1, 0.15) is 12.4 Å². The van der Waals surface area contributed by atoms with Crippen molar-refractivity contribution in [3.63, 3.8) is 0 Å². The predicted molar refractivity (Wildman–Crippen MR) is 56.2 cm³/mol. The maximum Gasteiger partial charge on any atom is 0.128 e. The highest BCUT2D eigenvalue weighted by atomic mass is 16.3. The summed E-state index contributed by atoms with van der Waals surface area (Å²) in [7, 11) is 0. The fourth-order valence-electron chi connectivity index (χ4n) is 2.69. The fourth-order valence-corrected chi connectivity index (χ4v) is 2.69. The van der Waals surface area contributed by atoms with E-state index in [1.165, 1.54) is 0 Å². The van der Waals surface area contributed by atoms with Crippen molar-refractivity contribution >= 4 is 5.84 Å². The van der Waals surface area contributed by atoms with Gasteiger partial charge in [-0.15, -0.1) is 0 Å². The normalized spacial score (nSPS) is 40.1. The summed E-state index contributed by atoms with van der Waals surface area (Å²) >= 11 is 0. The molecule has 2 heterocycles. The summed E-state index contributed by atoms with van der Waals surface area (Å²) in [4.78, 5) is 4.03. The summed E-state index contributed by atoms with van der Waals surface area (Å²) in [5.74, 6) is 0.477. The summed E-state index contributed by atoms with van der Waals surface area (Å²) < 4.78 is 0. The molecule has 0 aromatic rings. The van der Waals surface area contributed by atoms with Gasteiger partial charge in [-0.2, -0.15) is 5.26 Å². The summed E-state index contributed by atoms with van der Waals surface area (Å²) in [6, 6.07) is 2.30. The van der Waals surface area contributed by atoms with Crippen molar-refractivity contribution in [1.29, 1.82) is 5.26 Å². The number of nitrogens with two attached hydrogens (primary N) is 1. The van der Waals surface area contributed by atoms with Crippen LogP contribution in [0.2, 0.25) is 0 Å². The number of fused-ring (bicyclic) bond motifs is 2. The zero-order valence-electron chi connectivity index (χ0n) is 8.61. The first-order valence-corrected chi connectivity index (χ1v) is 5.29. The average Bonchev–Trinajstić information content (AvgIpc) is 2.52. The molecule has 15 heavy (non-hydrogen) atoms. The van der Waals surface area contributed by atoms with Gasteiger partial charge in [-0.25, -0.2) is 0 Å². The lowest BCUT2D eigenvalue weighted by atomic mass is 9.87. The molecule has 2 fully saturated rings. The van der Waals surface area contributed by atoms with Crippen LogP contribution in [0.3, 0.4) is 0 Å². The summed E-state index contributed by atoms with van der Waals surface area (Å²) in [6.45, 7) is 0.0933. The Morgan fingerprint density at radius 2 is 2.53 bits per heavy atom. The second-order valence-electron chi connectivity index (χ2n) is 4.42. The van der Waals surface area contributed by atoms with E-state index in [1.54, 1.807) is 0 Å². The Hall–Kier alpha value is -1.12. The van der Waals surface area contributed by atoms with Gasteiger partial charge < -0.3 is 16.2 Å². The van der Waals surface area contributed by atoms with Crippen LogP contribution in [0, 0.1) is 11.3 Å². The van der Waals surface area contributed by atoms with Crippen LogP contribution in [0.25, 0.3) is 0 Å². The molecule has 5 heteroatoms. The molecule has 5 nitrogen and oxygen atoms in total. The lowest BCUT2D eigenvalue weighted by Gasteiger charge is -2.36. The van der Waals surface area contributed by atoms with Crippen LogP contribution in [0.15, 0.2) is 4.99 Å². The standard InChI is InChI=1S/C10H16N4O/c11-3-4-13-9(12)10-2-1-7(14-10)5-8(15)6-10/h7-8,14-15H,1-2,4-6H2,(H2,12,13). The second kappa shape index (κ2) is 3.80. The van der Waals surface area contributed by atoms with E-state index >= 15 is 0 Å². The highest BCUT2D eigenvalue weighted by Gasteiger charge is 2.47. The molecule has 3 unspecified atom stereocenters. The van der Waals surface area contributed by atoms with E-state index in [0.717, 1.165) is 19.3 Å². The van der Waals surface area contributed by atoms with Gasteiger partial charge in [0, 0.05) is 6.04 Å². The number of nitrogens with one attached hydrogen (secondary N) is 1. The molecule has 2 saturated heterocycles. The van der Waals surface area contributed by atoms with Crippen molar-refractivity contribution in [1.82, 2.24) is 5.32 Å². The number of nitrogens with zero attached hydrogens (tertiary/aromatic N) is 2. The Bertz CT molecular complexity index is 322. The molecule has 2 rings (SSSR count). The molecule has 2 aliphatic heterocycles. The minimum atomic E-state index is -0.348. The molecule has 0 aromatic carbocycles. The van der Waals surface area contributed by atoms with Crippen molar-refractivity contribution in [3.05, 3.63) is 0 Å². The van der Waals surface area contributed by atoms with Crippen LogP contribution < -0.4 is 11.1 Å². The predicted octanol–water partition coefficient (Wildman–Crippen LogP) is -0.487. The third kappa shape index (κ3) is 1.83. The fraction of sp³-hybridized carbons (Fsp3) is 0.800. The minimum absolute atomic E-state index is 0.0933. The van der Waals surface area contributed by atoms with Crippen molar-refractivity contribution < 1.29 is 5.11 Å². The molecule has 0 saturated carbocycles. The SMILES string of the molecule is N#CCN=C(N)C12CCC(CC(O)C1)N2. The lowest BCUT2D eigenvalue weighted by molar-refractivity contribution is 0.101. The number of hydrogen-bond acceptors (Lipinski definition) is 4. The monoisotopic (exact) mass is 208 g/mol. The van der Waals surface area contributed by atoms with E-state index in [9.17, 15) is 5.11 Å². The molecular weight excluding hydrogens is 192 g/mol.